The van der Waals surface area contributed by atoms with Crippen molar-refractivity contribution in [2.45, 2.75) is 90.1 Å². The summed E-state index contributed by atoms with van der Waals surface area (Å²) >= 11 is 0. The summed E-state index contributed by atoms with van der Waals surface area (Å²) in [7, 11) is 0. The molecule has 11 nitrogen and oxygen atoms in total. The summed E-state index contributed by atoms with van der Waals surface area (Å²) in [6.07, 6.45) is 0.941. The summed E-state index contributed by atoms with van der Waals surface area (Å²) in [5.41, 5.74) is 1.54. The van der Waals surface area contributed by atoms with E-state index in [1.54, 1.807) is 47.6 Å². The summed E-state index contributed by atoms with van der Waals surface area (Å²) in [5.74, 6) is -2.55. The van der Waals surface area contributed by atoms with E-state index >= 15 is 0 Å². The van der Waals surface area contributed by atoms with Crippen molar-refractivity contribution in [3.8, 4) is 11.1 Å². The van der Waals surface area contributed by atoms with Gasteiger partial charge in [0.25, 0.3) is 0 Å². The summed E-state index contributed by atoms with van der Waals surface area (Å²) in [4.78, 5) is 60.8. The summed E-state index contributed by atoms with van der Waals surface area (Å²) in [5, 5.41) is 20.0. The molecule has 5 rings (SSSR count). The Labute approximate surface area is 275 Å². The monoisotopic (exact) mass is 644 g/mol. The van der Waals surface area contributed by atoms with Gasteiger partial charge in [-0.05, 0) is 56.1 Å². The maximum Gasteiger partial charge on any atom is 0.408 e. The first-order valence-electron chi connectivity index (χ1n) is 15.9. The number of nitrogens with one attached hydrogen (secondary N) is 2. The molecule has 0 unspecified atom stereocenters. The molecule has 0 radical (unpaired) electrons. The Morgan fingerprint density at radius 2 is 1.60 bits per heavy atom. The molecular weight excluding hydrogens is 600 g/mol. The Bertz CT molecular complexity index is 1570. The molecule has 3 amide bonds. The first kappa shape index (κ1) is 33.7. The molecule has 1 aliphatic heterocycles. The van der Waals surface area contributed by atoms with Crippen molar-refractivity contribution in [1.29, 1.82) is 0 Å². The highest BCUT2D eigenvalue weighted by atomic mass is 16.6. The predicted molar refractivity (Wildman–Crippen MR) is 177 cm³/mol. The number of hydrogen-bond acceptors (Lipinski definition) is 7. The molecule has 11 heteroatoms. The molecule has 2 aliphatic carbocycles. The standard InChI is InChI=1S/C36H44N4O7/c1-8-13-21-19-36(21,32(43)44)38-30(41)27-18-22(20-40(27)31(42)29(34(2,3)4)37-33(45)46-35(5,6)7)47-39-28-25-16-11-9-14-23(25)24-15-10-12-17-26(24)28/h8-12,14-17,21-22,27,29H,1,13,18-20H2,2-7H3,(H,37,45)(H,38,41)(H,43,44)/t21-,22-,27+,29-,36-/m1/s1. The highest BCUT2D eigenvalue weighted by Gasteiger charge is 2.62. The van der Waals surface area contributed by atoms with Crippen LogP contribution in [0.5, 0.6) is 0 Å². The third-order valence-electron chi connectivity index (χ3n) is 8.85. The zero-order valence-corrected chi connectivity index (χ0v) is 27.8. The number of amides is 3. The fourth-order valence-corrected chi connectivity index (χ4v) is 6.41. The van der Waals surface area contributed by atoms with E-state index in [-0.39, 0.29) is 25.3 Å². The van der Waals surface area contributed by atoms with Gasteiger partial charge in [-0.25, -0.2) is 9.59 Å². The Morgan fingerprint density at radius 1 is 1.02 bits per heavy atom. The van der Waals surface area contributed by atoms with E-state index in [1.807, 2.05) is 48.5 Å². The van der Waals surface area contributed by atoms with Gasteiger partial charge in [-0.15, -0.1) is 6.58 Å². The number of carbonyl (C=O) groups is 4. The van der Waals surface area contributed by atoms with Gasteiger partial charge in [0.2, 0.25) is 11.8 Å². The maximum atomic E-state index is 14.3. The number of carboxylic acid groups (broad SMARTS) is 1. The number of benzene rings is 2. The molecule has 3 N–H and O–H groups in total. The minimum Gasteiger partial charge on any atom is -0.479 e. The van der Waals surface area contributed by atoms with E-state index < -0.39 is 58.6 Å². The quantitative estimate of drug-likeness (QED) is 0.222. The van der Waals surface area contributed by atoms with Gasteiger partial charge in [0.15, 0.2) is 0 Å². The van der Waals surface area contributed by atoms with Crippen LogP contribution in [0, 0.1) is 11.3 Å². The van der Waals surface area contributed by atoms with Crippen LogP contribution in [0.25, 0.3) is 11.1 Å². The van der Waals surface area contributed by atoms with Gasteiger partial charge in [0.1, 0.15) is 35.0 Å². The molecule has 47 heavy (non-hydrogen) atoms. The molecule has 1 heterocycles. The van der Waals surface area contributed by atoms with Crippen molar-refractivity contribution in [2.24, 2.45) is 16.5 Å². The highest BCUT2D eigenvalue weighted by Crippen LogP contribution is 2.47. The average Bonchev–Trinajstić information content (AvgIpc) is 3.36. The average molecular weight is 645 g/mol. The largest absolute Gasteiger partial charge is 0.479 e. The van der Waals surface area contributed by atoms with E-state index in [2.05, 4.69) is 22.4 Å². The van der Waals surface area contributed by atoms with Crippen molar-refractivity contribution in [1.82, 2.24) is 15.5 Å². The van der Waals surface area contributed by atoms with E-state index in [9.17, 15) is 24.3 Å². The molecule has 3 aliphatic rings. The Kier molecular flexibility index (Phi) is 8.96. The zero-order chi connectivity index (χ0) is 34.3. The SMILES string of the molecule is C=CC[C@@H]1C[C@]1(NC(=O)[C@@H]1C[C@@H](ON=C2c3ccccc3-c3ccccc32)CN1C(=O)[C@@H](NC(=O)OC(C)(C)C)C(C)(C)C)C(=O)O. The predicted octanol–water partition coefficient (Wildman–Crippen LogP) is 4.88. The minimum atomic E-state index is -1.44. The number of aliphatic carboxylic acids is 1. The van der Waals surface area contributed by atoms with Crippen LogP contribution in [0.1, 0.15) is 71.9 Å². The smallest absolute Gasteiger partial charge is 0.408 e. The van der Waals surface area contributed by atoms with Crippen LogP contribution >= 0.6 is 0 Å². The molecule has 0 spiro atoms. The fourth-order valence-electron chi connectivity index (χ4n) is 6.41. The number of ether oxygens (including phenoxy) is 1. The lowest BCUT2D eigenvalue weighted by atomic mass is 9.85. The second-order valence-electron chi connectivity index (χ2n) is 14.6. The van der Waals surface area contributed by atoms with Crippen LogP contribution in [0.2, 0.25) is 0 Å². The molecular formula is C36H44N4O7. The van der Waals surface area contributed by atoms with Crippen LogP contribution in [-0.4, -0.2) is 75.5 Å². The molecule has 2 aromatic carbocycles. The van der Waals surface area contributed by atoms with E-state index in [0.717, 1.165) is 22.3 Å². The first-order chi connectivity index (χ1) is 22.1. The zero-order valence-electron chi connectivity index (χ0n) is 27.8. The molecule has 0 aromatic heterocycles. The molecule has 2 aromatic rings. The molecule has 2 fully saturated rings. The van der Waals surface area contributed by atoms with Gasteiger partial charge in [-0.3, -0.25) is 9.59 Å². The fraction of sp³-hybridized carbons (Fsp3) is 0.472. The number of likely N-dealkylation sites (tertiary alicyclic amines) is 1. The molecule has 250 valence electrons. The van der Waals surface area contributed by atoms with Gasteiger partial charge in [-0.2, -0.15) is 0 Å². The number of oxime groups is 1. The lowest BCUT2D eigenvalue weighted by molar-refractivity contribution is -0.146. The van der Waals surface area contributed by atoms with Crippen molar-refractivity contribution in [3.63, 3.8) is 0 Å². The lowest BCUT2D eigenvalue weighted by Crippen LogP contribution is -2.59. The summed E-state index contributed by atoms with van der Waals surface area (Å²) in [6, 6.07) is 13.6. The van der Waals surface area contributed by atoms with E-state index in [4.69, 9.17) is 9.57 Å². The number of rotatable bonds is 9. The number of carboxylic acids is 1. The van der Waals surface area contributed by atoms with Crippen LogP contribution < -0.4 is 10.6 Å². The van der Waals surface area contributed by atoms with Gasteiger partial charge in [0, 0.05) is 17.5 Å². The Morgan fingerprint density at radius 3 is 2.11 bits per heavy atom. The van der Waals surface area contributed by atoms with Crippen molar-refractivity contribution in [3.05, 3.63) is 72.3 Å². The Hall–Kier alpha value is -4.67. The van der Waals surface area contributed by atoms with Gasteiger partial charge in [0.05, 0.1) is 6.54 Å². The van der Waals surface area contributed by atoms with Crippen LogP contribution in [0.3, 0.4) is 0 Å². The molecule has 1 saturated heterocycles. The number of nitrogens with zero attached hydrogens (tertiary/aromatic N) is 2. The normalized spacial score (nSPS) is 23.6. The number of alkyl carbamates (subject to hydrolysis) is 1. The number of carbonyl (C=O) groups excluding carboxylic acids is 3. The lowest BCUT2D eigenvalue weighted by Gasteiger charge is -2.35. The number of allylic oxidation sites excluding steroid dienone is 1. The highest BCUT2D eigenvalue weighted by molar-refractivity contribution is 6.24. The first-order valence-corrected chi connectivity index (χ1v) is 15.9. The minimum absolute atomic E-state index is 0.00424. The molecule has 1 saturated carbocycles. The number of fused-ring (bicyclic) bond motifs is 3. The van der Waals surface area contributed by atoms with Gasteiger partial charge in [-0.1, -0.05) is 80.5 Å². The third-order valence-corrected chi connectivity index (χ3v) is 8.85. The topological polar surface area (TPSA) is 147 Å². The third kappa shape index (κ3) is 6.89. The molecule has 5 atom stereocenters. The van der Waals surface area contributed by atoms with Crippen LogP contribution in [0.15, 0.2) is 66.3 Å². The number of hydrogen-bond donors (Lipinski definition) is 3. The van der Waals surface area contributed by atoms with Gasteiger partial charge >= 0.3 is 12.1 Å². The summed E-state index contributed by atoms with van der Waals surface area (Å²) < 4.78 is 5.44. The van der Waals surface area contributed by atoms with Crippen molar-refractivity contribution < 1.29 is 33.9 Å². The summed E-state index contributed by atoms with van der Waals surface area (Å²) in [6.45, 7) is 14.3. The van der Waals surface area contributed by atoms with Gasteiger partial charge < -0.3 is 30.2 Å². The Balaban J connectivity index is 1.43. The van der Waals surface area contributed by atoms with Crippen molar-refractivity contribution >= 4 is 29.6 Å². The van der Waals surface area contributed by atoms with Crippen LogP contribution in [-0.2, 0) is 24.0 Å². The second kappa shape index (κ2) is 12.5. The van der Waals surface area contributed by atoms with E-state index in [0.29, 0.717) is 12.1 Å². The van der Waals surface area contributed by atoms with Crippen molar-refractivity contribution in [2.75, 3.05) is 6.54 Å². The maximum absolute atomic E-state index is 14.3. The van der Waals surface area contributed by atoms with E-state index in [1.165, 1.54) is 4.90 Å². The van der Waals surface area contributed by atoms with Crippen LogP contribution in [0.4, 0.5) is 4.79 Å². The molecule has 0 bridgehead atoms. The second-order valence-corrected chi connectivity index (χ2v) is 14.6.